The normalized spacial score (nSPS) is 13.9. The van der Waals surface area contributed by atoms with Crippen LogP contribution in [0.3, 0.4) is 0 Å². The van der Waals surface area contributed by atoms with Crippen LogP contribution in [0, 0.1) is 0 Å². The Balaban J connectivity index is 1.63. The minimum absolute atomic E-state index is 0.494. The number of aromatic nitrogens is 4. The standard InChI is InChI=1S/C18H16N6S/c1-2-4-12(5-3-1)21-18-22-16(20-13-6-7-13)15-17(23-18)24(11-19-15)14-8-9-25-10-14/h1-5,8-11,13H,6-7H2,(H2,20,21,22,23). The Morgan fingerprint density at radius 1 is 1.08 bits per heavy atom. The number of benzene rings is 1. The van der Waals surface area contributed by atoms with Crippen LogP contribution in [0.15, 0.2) is 53.5 Å². The lowest BCUT2D eigenvalue weighted by Crippen LogP contribution is -2.07. The van der Waals surface area contributed by atoms with E-state index in [1.165, 1.54) is 12.8 Å². The summed E-state index contributed by atoms with van der Waals surface area (Å²) in [6.45, 7) is 0. The number of hydrogen-bond acceptors (Lipinski definition) is 6. The Hall–Kier alpha value is -2.93. The van der Waals surface area contributed by atoms with Gasteiger partial charge in [0, 0.05) is 17.1 Å². The van der Waals surface area contributed by atoms with Gasteiger partial charge in [0.05, 0.1) is 5.69 Å². The lowest BCUT2D eigenvalue weighted by atomic mass is 10.3. The van der Waals surface area contributed by atoms with Crippen molar-refractivity contribution in [3.05, 3.63) is 53.5 Å². The van der Waals surface area contributed by atoms with Gasteiger partial charge in [0.1, 0.15) is 6.33 Å². The Morgan fingerprint density at radius 2 is 1.96 bits per heavy atom. The average molecular weight is 348 g/mol. The van der Waals surface area contributed by atoms with Crippen molar-refractivity contribution >= 4 is 40.0 Å². The molecule has 0 bridgehead atoms. The van der Waals surface area contributed by atoms with Gasteiger partial charge in [-0.25, -0.2) is 4.98 Å². The molecular weight excluding hydrogens is 332 g/mol. The number of imidazole rings is 1. The predicted octanol–water partition coefficient (Wildman–Crippen LogP) is 4.19. The fourth-order valence-corrected chi connectivity index (χ4v) is 3.34. The first-order chi connectivity index (χ1) is 12.4. The molecule has 0 atom stereocenters. The zero-order valence-corrected chi connectivity index (χ0v) is 14.2. The van der Waals surface area contributed by atoms with Crippen molar-refractivity contribution in [3.8, 4) is 5.69 Å². The van der Waals surface area contributed by atoms with Crippen LogP contribution in [-0.4, -0.2) is 25.6 Å². The number of nitrogens with one attached hydrogen (secondary N) is 2. The monoisotopic (exact) mass is 348 g/mol. The van der Waals surface area contributed by atoms with Gasteiger partial charge in [-0.1, -0.05) is 18.2 Å². The first-order valence-electron chi connectivity index (χ1n) is 8.23. The number of nitrogens with zero attached hydrogens (tertiary/aromatic N) is 4. The van der Waals surface area contributed by atoms with Crippen molar-refractivity contribution in [1.29, 1.82) is 0 Å². The largest absolute Gasteiger partial charge is 0.365 e. The quantitative estimate of drug-likeness (QED) is 0.566. The van der Waals surface area contributed by atoms with Gasteiger partial charge in [0.25, 0.3) is 0 Å². The van der Waals surface area contributed by atoms with Gasteiger partial charge in [0.15, 0.2) is 17.0 Å². The van der Waals surface area contributed by atoms with E-state index in [2.05, 4.69) is 37.4 Å². The number of rotatable bonds is 5. The summed E-state index contributed by atoms with van der Waals surface area (Å²) in [5.74, 6) is 1.36. The van der Waals surface area contributed by atoms with E-state index in [9.17, 15) is 0 Å². The highest BCUT2D eigenvalue weighted by Crippen LogP contribution is 2.30. The lowest BCUT2D eigenvalue weighted by molar-refractivity contribution is 1.06. The van der Waals surface area contributed by atoms with E-state index in [1.807, 2.05) is 41.2 Å². The summed E-state index contributed by atoms with van der Waals surface area (Å²) in [4.78, 5) is 13.9. The first kappa shape index (κ1) is 14.4. The third-order valence-corrected chi connectivity index (χ3v) is 4.80. The first-order valence-corrected chi connectivity index (χ1v) is 9.17. The number of thiophene rings is 1. The van der Waals surface area contributed by atoms with E-state index in [-0.39, 0.29) is 0 Å². The maximum atomic E-state index is 4.72. The van der Waals surface area contributed by atoms with Crippen LogP contribution < -0.4 is 10.6 Å². The molecule has 7 heteroatoms. The van der Waals surface area contributed by atoms with Gasteiger partial charge in [-0.05, 0) is 36.4 Å². The van der Waals surface area contributed by atoms with Gasteiger partial charge in [0.2, 0.25) is 5.95 Å². The number of hydrogen-bond donors (Lipinski definition) is 2. The summed E-state index contributed by atoms with van der Waals surface area (Å²) in [6.07, 6.45) is 4.17. The van der Waals surface area contributed by atoms with Gasteiger partial charge in [-0.3, -0.25) is 4.57 Å². The SMILES string of the molecule is c1ccc(Nc2nc(NC3CC3)c3ncn(-c4ccsc4)c3n2)cc1. The van der Waals surface area contributed by atoms with Gasteiger partial charge < -0.3 is 10.6 Å². The van der Waals surface area contributed by atoms with Gasteiger partial charge in [-0.2, -0.15) is 21.3 Å². The van der Waals surface area contributed by atoms with Crippen LogP contribution in [0.25, 0.3) is 16.9 Å². The summed E-state index contributed by atoms with van der Waals surface area (Å²) >= 11 is 1.65. The van der Waals surface area contributed by atoms with E-state index in [0.29, 0.717) is 12.0 Å². The molecule has 0 saturated heterocycles. The molecule has 25 heavy (non-hydrogen) atoms. The second-order valence-corrected chi connectivity index (χ2v) is 6.85. The van der Waals surface area contributed by atoms with Gasteiger partial charge in [-0.15, -0.1) is 0 Å². The lowest BCUT2D eigenvalue weighted by Gasteiger charge is -2.10. The summed E-state index contributed by atoms with van der Waals surface area (Å²) in [5.41, 5.74) is 3.63. The highest BCUT2D eigenvalue weighted by atomic mass is 32.1. The molecule has 1 aromatic carbocycles. The Labute approximate surface area is 148 Å². The van der Waals surface area contributed by atoms with Crippen LogP contribution >= 0.6 is 11.3 Å². The van der Waals surface area contributed by atoms with Crippen molar-refractivity contribution in [2.45, 2.75) is 18.9 Å². The third kappa shape index (κ3) is 2.83. The van der Waals surface area contributed by atoms with Crippen LogP contribution in [0.2, 0.25) is 0 Å². The maximum absolute atomic E-state index is 4.72. The Kier molecular flexibility index (Phi) is 3.38. The molecular formula is C18H16N6S. The van der Waals surface area contributed by atoms with Crippen molar-refractivity contribution in [3.63, 3.8) is 0 Å². The molecule has 0 amide bonds. The fraction of sp³-hybridized carbons (Fsp3) is 0.167. The molecule has 0 unspecified atom stereocenters. The molecule has 0 spiro atoms. The predicted molar refractivity (Wildman–Crippen MR) is 101 cm³/mol. The molecule has 3 heterocycles. The average Bonchev–Trinajstić information content (AvgIpc) is 3.10. The minimum Gasteiger partial charge on any atom is -0.365 e. The summed E-state index contributed by atoms with van der Waals surface area (Å²) in [6, 6.07) is 12.5. The number of para-hydroxylation sites is 1. The van der Waals surface area contributed by atoms with Crippen LogP contribution in [0.4, 0.5) is 17.5 Å². The smallest absolute Gasteiger partial charge is 0.231 e. The fourth-order valence-electron chi connectivity index (χ4n) is 2.71. The van der Waals surface area contributed by atoms with Crippen molar-refractivity contribution in [1.82, 2.24) is 19.5 Å². The molecule has 1 aliphatic carbocycles. The molecule has 0 radical (unpaired) electrons. The summed E-state index contributed by atoms with van der Waals surface area (Å²) < 4.78 is 2.00. The number of fused-ring (bicyclic) bond motifs is 1. The van der Waals surface area contributed by atoms with Crippen LogP contribution in [-0.2, 0) is 0 Å². The van der Waals surface area contributed by atoms with Crippen LogP contribution in [0.1, 0.15) is 12.8 Å². The van der Waals surface area contributed by atoms with Gasteiger partial charge >= 0.3 is 0 Å². The van der Waals surface area contributed by atoms with E-state index >= 15 is 0 Å². The summed E-state index contributed by atoms with van der Waals surface area (Å²) in [7, 11) is 0. The number of anilines is 3. The molecule has 2 N–H and O–H groups in total. The molecule has 1 fully saturated rings. The summed E-state index contributed by atoms with van der Waals surface area (Å²) in [5, 5.41) is 10.9. The third-order valence-electron chi connectivity index (χ3n) is 4.13. The Morgan fingerprint density at radius 3 is 2.72 bits per heavy atom. The van der Waals surface area contributed by atoms with Crippen molar-refractivity contribution in [2.24, 2.45) is 0 Å². The molecule has 0 aliphatic heterocycles. The zero-order chi connectivity index (χ0) is 16.6. The molecule has 3 aromatic heterocycles. The Bertz CT molecular complexity index is 1000. The molecule has 4 aromatic rings. The van der Waals surface area contributed by atoms with Crippen LogP contribution in [0.5, 0.6) is 0 Å². The highest BCUT2D eigenvalue weighted by Gasteiger charge is 2.24. The topological polar surface area (TPSA) is 67.7 Å². The van der Waals surface area contributed by atoms with E-state index in [4.69, 9.17) is 4.98 Å². The second kappa shape index (κ2) is 5.86. The van der Waals surface area contributed by atoms with Crippen molar-refractivity contribution < 1.29 is 0 Å². The van der Waals surface area contributed by atoms with E-state index in [0.717, 1.165) is 28.4 Å². The molecule has 6 nitrogen and oxygen atoms in total. The maximum Gasteiger partial charge on any atom is 0.231 e. The second-order valence-electron chi connectivity index (χ2n) is 6.07. The molecule has 124 valence electrons. The molecule has 1 saturated carbocycles. The molecule has 1 aliphatic rings. The molecule has 5 rings (SSSR count). The van der Waals surface area contributed by atoms with E-state index in [1.54, 1.807) is 11.3 Å². The minimum atomic E-state index is 0.494. The highest BCUT2D eigenvalue weighted by molar-refractivity contribution is 7.08. The zero-order valence-electron chi connectivity index (χ0n) is 13.4. The van der Waals surface area contributed by atoms with E-state index < -0.39 is 0 Å². The van der Waals surface area contributed by atoms with Crippen molar-refractivity contribution in [2.75, 3.05) is 10.6 Å².